The number of aromatic hydroxyl groups is 1. The summed E-state index contributed by atoms with van der Waals surface area (Å²) in [7, 11) is 2.99. The highest BCUT2D eigenvalue weighted by atomic mass is 35.5. The molecule has 36 heavy (non-hydrogen) atoms. The summed E-state index contributed by atoms with van der Waals surface area (Å²) >= 11 is 5.96. The Morgan fingerprint density at radius 3 is 2.28 bits per heavy atom. The second-order valence-electron chi connectivity index (χ2n) is 8.28. The van der Waals surface area contributed by atoms with E-state index in [4.69, 9.17) is 26.8 Å². The smallest absolute Gasteiger partial charge is 0.261 e. The molecule has 2 aromatic carbocycles. The number of hydrogen-bond donors (Lipinski definition) is 2. The van der Waals surface area contributed by atoms with Crippen LogP contribution in [0.15, 0.2) is 60.8 Å². The number of unbranched alkanes of at least 4 members (excludes halogenated alkanes) is 2. The third-order valence-corrected chi connectivity index (χ3v) is 6.30. The molecule has 0 spiro atoms. The summed E-state index contributed by atoms with van der Waals surface area (Å²) in [4.78, 5) is 33.0. The Hall–Kier alpha value is -3.78. The fourth-order valence-electron chi connectivity index (χ4n) is 4.24. The fourth-order valence-corrected chi connectivity index (χ4v) is 4.35. The van der Waals surface area contributed by atoms with Crippen LogP contribution in [-0.2, 0) is 10.3 Å². The van der Waals surface area contributed by atoms with E-state index in [2.05, 4.69) is 4.98 Å². The number of ether oxygens (including phenoxy) is 2. The molecule has 190 valence electrons. The van der Waals surface area contributed by atoms with Gasteiger partial charge in [-0.3, -0.25) is 14.5 Å². The number of carbonyl (C=O) groups excluding carboxylic acids is 2. The molecule has 0 saturated heterocycles. The molecule has 1 heterocycles. The van der Waals surface area contributed by atoms with Crippen LogP contribution < -0.4 is 20.1 Å². The maximum atomic E-state index is 14.1. The number of carbonyl (C=O) groups is 2. The molecule has 3 N–H and O–H groups in total. The summed E-state index contributed by atoms with van der Waals surface area (Å²) in [5.74, 6) is -0.359. The number of phenols is 1. The number of aromatic nitrogens is 1. The molecule has 0 bridgehead atoms. The molecule has 8 nitrogen and oxygen atoms in total. The minimum atomic E-state index is -1.58. The van der Waals surface area contributed by atoms with Crippen LogP contribution in [0.5, 0.6) is 17.2 Å². The van der Waals surface area contributed by atoms with Crippen molar-refractivity contribution in [2.45, 2.75) is 38.1 Å². The monoisotopic (exact) mass is 511 g/mol. The normalized spacial score (nSPS) is 12.4. The second-order valence-corrected chi connectivity index (χ2v) is 8.67. The lowest BCUT2D eigenvalue weighted by Crippen LogP contribution is -2.58. The lowest BCUT2D eigenvalue weighted by molar-refractivity contribution is -0.123. The topological polar surface area (TPSA) is 115 Å². The fraction of sp³-hybridized carbons (Fsp3) is 0.296. The van der Waals surface area contributed by atoms with Crippen LogP contribution in [0.25, 0.3) is 0 Å². The summed E-state index contributed by atoms with van der Waals surface area (Å²) < 4.78 is 10.8. The van der Waals surface area contributed by atoms with E-state index < -0.39 is 17.4 Å². The Morgan fingerprint density at radius 1 is 1.03 bits per heavy atom. The highest BCUT2D eigenvalue weighted by molar-refractivity contribution is 6.29. The maximum absolute atomic E-state index is 14.1. The van der Waals surface area contributed by atoms with Crippen LogP contribution in [0.1, 0.15) is 48.5 Å². The van der Waals surface area contributed by atoms with Gasteiger partial charge in [0.2, 0.25) is 5.91 Å². The quantitative estimate of drug-likeness (QED) is 0.274. The third-order valence-electron chi connectivity index (χ3n) is 6.08. The number of nitrogens with two attached hydrogens (primary N) is 1. The van der Waals surface area contributed by atoms with Crippen molar-refractivity contribution < 1.29 is 24.2 Å². The third kappa shape index (κ3) is 5.39. The van der Waals surface area contributed by atoms with Crippen LogP contribution in [0.2, 0.25) is 5.15 Å². The Morgan fingerprint density at radius 2 is 1.72 bits per heavy atom. The van der Waals surface area contributed by atoms with Gasteiger partial charge in [-0.25, -0.2) is 4.98 Å². The van der Waals surface area contributed by atoms with Gasteiger partial charge in [0.25, 0.3) is 5.91 Å². The molecule has 0 aliphatic heterocycles. The van der Waals surface area contributed by atoms with Crippen molar-refractivity contribution in [2.75, 3.05) is 19.1 Å². The van der Waals surface area contributed by atoms with E-state index in [1.54, 1.807) is 36.4 Å². The number of anilines is 1. The van der Waals surface area contributed by atoms with Crippen molar-refractivity contribution in [3.05, 3.63) is 77.1 Å². The molecule has 0 aliphatic carbocycles. The Bertz CT molecular complexity index is 1200. The lowest BCUT2D eigenvalue weighted by Gasteiger charge is -2.42. The number of benzene rings is 2. The van der Waals surface area contributed by atoms with Gasteiger partial charge in [0, 0.05) is 18.0 Å². The van der Waals surface area contributed by atoms with Gasteiger partial charge in [-0.2, -0.15) is 0 Å². The molecule has 0 aliphatic rings. The van der Waals surface area contributed by atoms with Gasteiger partial charge >= 0.3 is 0 Å². The van der Waals surface area contributed by atoms with E-state index in [1.807, 2.05) is 6.92 Å². The van der Waals surface area contributed by atoms with Crippen molar-refractivity contribution in [3.8, 4) is 17.2 Å². The molecule has 1 atom stereocenters. The molecular formula is C27H30ClN3O5. The largest absolute Gasteiger partial charge is 0.508 e. The minimum absolute atomic E-state index is 0.0246. The van der Waals surface area contributed by atoms with E-state index in [1.165, 1.54) is 43.5 Å². The zero-order valence-electron chi connectivity index (χ0n) is 20.5. The van der Waals surface area contributed by atoms with Crippen LogP contribution in [0.3, 0.4) is 0 Å². The van der Waals surface area contributed by atoms with Crippen LogP contribution in [0.4, 0.5) is 5.69 Å². The van der Waals surface area contributed by atoms with Crippen molar-refractivity contribution in [2.24, 2.45) is 5.73 Å². The van der Waals surface area contributed by atoms with Gasteiger partial charge in [0.05, 0.1) is 19.8 Å². The number of halogens is 1. The van der Waals surface area contributed by atoms with E-state index in [0.717, 1.165) is 12.8 Å². The summed E-state index contributed by atoms with van der Waals surface area (Å²) in [6.45, 7) is 2.04. The first-order chi connectivity index (χ1) is 17.3. The van der Waals surface area contributed by atoms with Gasteiger partial charge in [-0.05, 0) is 48.4 Å². The van der Waals surface area contributed by atoms with Crippen molar-refractivity contribution in [1.82, 2.24) is 4.98 Å². The Kier molecular flexibility index (Phi) is 8.77. The molecule has 9 heteroatoms. The standard InChI is InChI=1S/C27H30ClN3O5/c1-4-5-6-15-27(26(29)34,19-8-11-21(32)12-9-19)31(25(33)18-7-14-24(28)30-17-18)20-10-13-22(35-2)23(16-20)36-3/h7-14,16-17,32H,4-6,15H2,1-3H3,(H2,29,34). The van der Waals surface area contributed by atoms with Crippen molar-refractivity contribution in [3.63, 3.8) is 0 Å². The first kappa shape index (κ1) is 26.8. The molecule has 3 aromatic rings. The Balaban J connectivity index is 2.34. The second kappa shape index (κ2) is 11.8. The number of amides is 2. The van der Waals surface area contributed by atoms with E-state index in [9.17, 15) is 14.7 Å². The number of hydrogen-bond acceptors (Lipinski definition) is 6. The van der Waals surface area contributed by atoms with E-state index in [0.29, 0.717) is 29.2 Å². The first-order valence-corrected chi connectivity index (χ1v) is 11.9. The van der Waals surface area contributed by atoms with Gasteiger partial charge in [-0.15, -0.1) is 0 Å². The summed E-state index contributed by atoms with van der Waals surface area (Å²) in [5, 5.41) is 10.2. The highest BCUT2D eigenvalue weighted by Crippen LogP contribution is 2.42. The predicted octanol–water partition coefficient (Wildman–Crippen LogP) is 5.07. The van der Waals surface area contributed by atoms with Crippen LogP contribution in [-0.4, -0.2) is 36.1 Å². The maximum Gasteiger partial charge on any atom is 0.261 e. The minimum Gasteiger partial charge on any atom is -0.508 e. The van der Waals surface area contributed by atoms with Crippen LogP contribution in [0, 0.1) is 0 Å². The lowest BCUT2D eigenvalue weighted by atomic mass is 9.81. The molecule has 0 fully saturated rings. The number of pyridine rings is 1. The van der Waals surface area contributed by atoms with Gasteiger partial charge < -0.3 is 20.3 Å². The number of nitrogens with zero attached hydrogens (tertiary/aromatic N) is 2. The number of phenolic OH excluding ortho intramolecular Hbond substituents is 1. The van der Waals surface area contributed by atoms with Gasteiger partial charge in [0.1, 0.15) is 10.9 Å². The van der Waals surface area contributed by atoms with Crippen molar-refractivity contribution in [1.29, 1.82) is 0 Å². The Labute approximate surface area is 215 Å². The number of methoxy groups -OCH3 is 2. The average molecular weight is 512 g/mol. The zero-order chi connectivity index (χ0) is 26.3. The van der Waals surface area contributed by atoms with Crippen LogP contribution >= 0.6 is 11.6 Å². The van der Waals surface area contributed by atoms with Crippen molar-refractivity contribution >= 4 is 29.1 Å². The molecular weight excluding hydrogens is 482 g/mol. The molecule has 0 radical (unpaired) electrons. The number of primary amides is 1. The van der Waals surface area contributed by atoms with E-state index >= 15 is 0 Å². The molecule has 3 rings (SSSR count). The molecule has 0 saturated carbocycles. The van der Waals surface area contributed by atoms with E-state index in [-0.39, 0.29) is 22.9 Å². The first-order valence-electron chi connectivity index (χ1n) is 11.6. The number of rotatable bonds is 11. The molecule has 1 unspecified atom stereocenters. The molecule has 1 aromatic heterocycles. The highest BCUT2D eigenvalue weighted by Gasteiger charge is 2.47. The predicted molar refractivity (Wildman–Crippen MR) is 139 cm³/mol. The summed E-state index contributed by atoms with van der Waals surface area (Å²) in [6, 6.07) is 14.1. The summed E-state index contributed by atoms with van der Waals surface area (Å²) in [5.41, 5.74) is 5.61. The average Bonchev–Trinajstić information content (AvgIpc) is 2.88. The molecule has 2 amide bonds. The SMILES string of the molecule is CCCCCC(C(N)=O)(c1ccc(O)cc1)N(C(=O)c1ccc(Cl)nc1)c1ccc(OC)c(OC)c1. The zero-order valence-corrected chi connectivity index (χ0v) is 21.3. The summed E-state index contributed by atoms with van der Waals surface area (Å²) in [6.07, 6.45) is 3.95. The van der Waals surface area contributed by atoms with Gasteiger partial charge in [0.15, 0.2) is 17.0 Å². The van der Waals surface area contributed by atoms with Gasteiger partial charge in [-0.1, -0.05) is 49.9 Å².